The van der Waals surface area contributed by atoms with E-state index in [1.54, 1.807) is 4.90 Å². The van der Waals surface area contributed by atoms with E-state index in [0.29, 0.717) is 11.7 Å². The smallest absolute Gasteiger partial charge is 0.231 e. The van der Waals surface area contributed by atoms with Crippen molar-refractivity contribution in [2.24, 2.45) is 5.92 Å². The topological polar surface area (TPSA) is 65.5 Å². The van der Waals surface area contributed by atoms with Crippen LogP contribution in [0.4, 0.5) is 10.8 Å². The number of nitrogens with zero attached hydrogens (tertiary/aromatic N) is 3. The molecule has 1 atom stereocenters. The highest BCUT2D eigenvalue weighted by Crippen LogP contribution is 2.29. The van der Waals surface area contributed by atoms with E-state index in [9.17, 15) is 9.59 Å². The van der Waals surface area contributed by atoms with Gasteiger partial charge >= 0.3 is 0 Å². The van der Waals surface area contributed by atoms with Crippen LogP contribution in [0.15, 0.2) is 29.6 Å². The molecular formula is C22H28N4O2S. The summed E-state index contributed by atoms with van der Waals surface area (Å²) in [6.07, 6.45) is 4.92. The first-order chi connectivity index (χ1) is 14.1. The average Bonchev–Trinajstić information content (AvgIpc) is 3.35. The Morgan fingerprint density at radius 3 is 2.83 bits per heavy atom. The van der Waals surface area contributed by atoms with Crippen LogP contribution in [0.3, 0.4) is 0 Å². The van der Waals surface area contributed by atoms with Crippen LogP contribution in [-0.2, 0) is 22.6 Å². The number of piperidine rings is 1. The van der Waals surface area contributed by atoms with Gasteiger partial charge in [-0.1, -0.05) is 31.5 Å². The molecule has 0 aliphatic carbocycles. The number of para-hydroxylation sites is 1. The molecule has 1 aromatic carbocycles. The zero-order valence-corrected chi connectivity index (χ0v) is 17.7. The van der Waals surface area contributed by atoms with E-state index in [1.807, 2.05) is 29.6 Å². The Kier molecular flexibility index (Phi) is 6.25. The number of hydrogen-bond donors (Lipinski definition) is 1. The highest BCUT2D eigenvalue weighted by Gasteiger charge is 2.36. The van der Waals surface area contributed by atoms with Gasteiger partial charge in [0.25, 0.3) is 0 Å². The quantitative estimate of drug-likeness (QED) is 0.786. The maximum atomic E-state index is 12.8. The second-order valence-electron chi connectivity index (χ2n) is 7.86. The van der Waals surface area contributed by atoms with Gasteiger partial charge in [-0.25, -0.2) is 4.98 Å². The second-order valence-corrected chi connectivity index (χ2v) is 8.72. The summed E-state index contributed by atoms with van der Waals surface area (Å²) in [6.45, 7) is 5.59. The summed E-state index contributed by atoms with van der Waals surface area (Å²) in [6, 6.07) is 7.92. The first-order valence-corrected chi connectivity index (χ1v) is 11.4. The standard InChI is InChI=1S/C22H28N4O2S/c1-2-16-8-4-5-9-19(16)26-13-17(12-20(26)27)21(28)24-22-23-18(15-29-22)14-25-10-6-3-7-11-25/h4-5,8-9,15,17H,2-3,6-7,10-14H2,1H3,(H,23,24,28). The minimum absolute atomic E-state index is 0.0102. The molecule has 29 heavy (non-hydrogen) atoms. The van der Waals surface area contributed by atoms with Crippen LogP contribution in [-0.4, -0.2) is 41.3 Å². The molecule has 7 heteroatoms. The Labute approximate surface area is 175 Å². The zero-order valence-electron chi connectivity index (χ0n) is 16.9. The lowest BCUT2D eigenvalue weighted by atomic mass is 10.1. The number of aryl methyl sites for hydroxylation is 1. The first kappa shape index (κ1) is 20.0. The molecule has 1 unspecified atom stereocenters. The van der Waals surface area contributed by atoms with E-state index in [-0.39, 0.29) is 24.2 Å². The maximum absolute atomic E-state index is 12.8. The molecular weight excluding hydrogens is 384 g/mol. The molecule has 2 saturated heterocycles. The number of rotatable bonds is 6. The number of carbonyl (C=O) groups is 2. The van der Waals surface area contributed by atoms with E-state index in [0.717, 1.165) is 43.0 Å². The fourth-order valence-electron chi connectivity index (χ4n) is 4.18. The third-order valence-electron chi connectivity index (χ3n) is 5.78. The lowest BCUT2D eigenvalue weighted by Gasteiger charge is -2.25. The van der Waals surface area contributed by atoms with E-state index in [1.165, 1.54) is 30.6 Å². The van der Waals surface area contributed by atoms with Gasteiger partial charge in [-0.2, -0.15) is 0 Å². The molecule has 154 valence electrons. The molecule has 2 fully saturated rings. The van der Waals surface area contributed by atoms with Crippen molar-refractivity contribution >= 4 is 34.0 Å². The van der Waals surface area contributed by atoms with Crippen molar-refractivity contribution in [3.8, 4) is 0 Å². The SMILES string of the molecule is CCc1ccccc1N1CC(C(=O)Nc2nc(CN3CCCCC3)cs2)CC1=O. The van der Waals surface area contributed by atoms with Crippen LogP contribution < -0.4 is 10.2 Å². The Morgan fingerprint density at radius 1 is 1.24 bits per heavy atom. The number of likely N-dealkylation sites (tertiary alicyclic amines) is 1. The minimum atomic E-state index is -0.346. The molecule has 0 spiro atoms. The number of carbonyl (C=O) groups excluding carboxylic acids is 2. The molecule has 0 bridgehead atoms. The monoisotopic (exact) mass is 412 g/mol. The number of thiazole rings is 1. The van der Waals surface area contributed by atoms with Crippen LogP contribution in [0.1, 0.15) is 43.9 Å². The summed E-state index contributed by atoms with van der Waals surface area (Å²) in [5, 5.41) is 5.58. The lowest BCUT2D eigenvalue weighted by molar-refractivity contribution is -0.122. The zero-order chi connectivity index (χ0) is 20.2. The summed E-state index contributed by atoms with van der Waals surface area (Å²) in [5.74, 6) is -0.452. The molecule has 3 heterocycles. The molecule has 2 aromatic rings. The van der Waals surface area contributed by atoms with Crippen LogP contribution in [0.2, 0.25) is 0 Å². The summed E-state index contributed by atoms with van der Waals surface area (Å²) in [5.41, 5.74) is 3.06. The predicted octanol–water partition coefficient (Wildman–Crippen LogP) is 3.68. The molecule has 1 aromatic heterocycles. The van der Waals surface area contributed by atoms with Gasteiger partial charge in [0.1, 0.15) is 0 Å². The fourth-order valence-corrected chi connectivity index (χ4v) is 4.88. The van der Waals surface area contributed by atoms with Gasteiger partial charge in [-0.15, -0.1) is 11.3 Å². The van der Waals surface area contributed by atoms with Crippen LogP contribution >= 0.6 is 11.3 Å². The van der Waals surface area contributed by atoms with Gasteiger partial charge in [0.05, 0.1) is 11.6 Å². The van der Waals surface area contributed by atoms with Crippen molar-refractivity contribution in [2.45, 2.75) is 45.6 Å². The van der Waals surface area contributed by atoms with Gasteiger partial charge in [-0.05, 0) is 44.0 Å². The molecule has 4 rings (SSSR count). The third-order valence-corrected chi connectivity index (χ3v) is 6.58. The van der Waals surface area contributed by atoms with Crippen LogP contribution in [0.25, 0.3) is 0 Å². The summed E-state index contributed by atoms with van der Waals surface area (Å²) < 4.78 is 0. The average molecular weight is 413 g/mol. The van der Waals surface area contributed by atoms with E-state index in [4.69, 9.17) is 0 Å². The molecule has 1 N–H and O–H groups in total. The van der Waals surface area contributed by atoms with Crippen molar-refractivity contribution in [3.63, 3.8) is 0 Å². The summed E-state index contributed by atoms with van der Waals surface area (Å²) in [7, 11) is 0. The number of anilines is 2. The minimum Gasteiger partial charge on any atom is -0.311 e. The Bertz CT molecular complexity index is 875. The van der Waals surface area contributed by atoms with Crippen LogP contribution in [0.5, 0.6) is 0 Å². The van der Waals surface area contributed by atoms with Gasteiger partial charge in [0.15, 0.2) is 5.13 Å². The van der Waals surface area contributed by atoms with Gasteiger partial charge in [-0.3, -0.25) is 14.5 Å². The molecule has 2 aliphatic rings. The van der Waals surface area contributed by atoms with Crippen molar-refractivity contribution in [1.82, 2.24) is 9.88 Å². The Morgan fingerprint density at radius 2 is 2.03 bits per heavy atom. The molecule has 2 aliphatic heterocycles. The number of amides is 2. The van der Waals surface area contributed by atoms with Gasteiger partial charge in [0, 0.05) is 30.6 Å². The van der Waals surface area contributed by atoms with Gasteiger partial charge < -0.3 is 10.2 Å². The van der Waals surface area contributed by atoms with E-state index >= 15 is 0 Å². The van der Waals surface area contributed by atoms with Crippen molar-refractivity contribution in [2.75, 3.05) is 29.9 Å². The fraction of sp³-hybridized carbons (Fsp3) is 0.500. The number of hydrogen-bond acceptors (Lipinski definition) is 5. The number of aromatic nitrogens is 1. The van der Waals surface area contributed by atoms with E-state index in [2.05, 4.69) is 22.1 Å². The Hall–Kier alpha value is -2.25. The van der Waals surface area contributed by atoms with Crippen LogP contribution in [0, 0.1) is 5.92 Å². The Balaban J connectivity index is 1.36. The largest absolute Gasteiger partial charge is 0.311 e. The molecule has 0 saturated carbocycles. The van der Waals surface area contributed by atoms with E-state index < -0.39 is 0 Å². The second kappa shape index (κ2) is 9.05. The lowest BCUT2D eigenvalue weighted by Crippen LogP contribution is -2.29. The third kappa shape index (κ3) is 4.67. The normalized spacial score (nSPS) is 20.2. The van der Waals surface area contributed by atoms with Crippen molar-refractivity contribution in [1.29, 1.82) is 0 Å². The molecule has 2 amide bonds. The van der Waals surface area contributed by atoms with Gasteiger partial charge in [0.2, 0.25) is 11.8 Å². The summed E-state index contributed by atoms with van der Waals surface area (Å²) in [4.78, 5) is 34.1. The highest BCUT2D eigenvalue weighted by atomic mass is 32.1. The van der Waals surface area contributed by atoms with Crippen molar-refractivity contribution in [3.05, 3.63) is 40.9 Å². The molecule has 6 nitrogen and oxygen atoms in total. The highest BCUT2D eigenvalue weighted by molar-refractivity contribution is 7.13. The molecule has 0 radical (unpaired) electrons. The predicted molar refractivity (Wildman–Crippen MR) is 116 cm³/mol. The van der Waals surface area contributed by atoms with Crippen molar-refractivity contribution < 1.29 is 9.59 Å². The summed E-state index contributed by atoms with van der Waals surface area (Å²) >= 11 is 1.46. The number of nitrogens with one attached hydrogen (secondary N) is 1. The maximum Gasteiger partial charge on any atom is 0.231 e. The first-order valence-electron chi connectivity index (χ1n) is 10.5. The number of benzene rings is 1.